The maximum atomic E-state index is 12.7. The Labute approximate surface area is 174 Å². The smallest absolute Gasteiger partial charge is 0.531 e. The van der Waals surface area contributed by atoms with Gasteiger partial charge in [0.25, 0.3) is 0 Å². The van der Waals surface area contributed by atoms with Crippen molar-refractivity contribution in [1.82, 2.24) is 14.7 Å². The summed E-state index contributed by atoms with van der Waals surface area (Å²) in [5.41, 5.74) is 2.62. The number of nitrogens with one attached hydrogen (secondary N) is 2. The average Bonchev–Trinajstić information content (AvgIpc) is 3.18. The molecule has 2 aliphatic rings. The molecule has 1 aliphatic heterocycles. The number of allylic oxidation sites excluding steroid dienone is 1. The Balaban J connectivity index is 1.34. The zero-order valence-corrected chi connectivity index (χ0v) is 17.0. The fraction of sp³-hybridized carbons (Fsp3) is 0.250. The van der Waals surface area contributed by atoms with Gasteiger partial charge in [0, 0.05) is 23.2 Å². The Kier molecular flexibility index (Phi) is 4.57. The van der Waals surface area contributed by atoms with Crippen LogP contribution < -0.4 is 14.1 Å². The van der Waals surface area contributed by atoms with Crippen molar-refractivity contribution in [2.75, 3.05) is 7.11 Å². The first-order valence-electron chi connectivity index (χ1n) is 9.64. The van der Waals surface area contributed by atoms with Gasteiger partial charge in [-0.3, -0.25) is 0 Å². The van der Waals surface area contributed by atoms with E-state index in [1.54, 1.807) is 24.3 Å². The third-order valence-electron chi connectivity index (χ3n) is 5.68. The molecule has 3 N–H and O–H groups in total. The highest BCUT2D eigenvalue weighted by molar-refractivity contribution is 7.89. The third-order valence-corrected chi connectivity index (χ3v) is 7.22. The van der Waals surface area contributed by atoms with Crippen LogP contribution >= 0.6 is 0 Å². The molecule has 0 amide bonds. The molecule has 1 aromatic carbocycles. The van der Waals surface area contributed by atoms with Crippen LogP contribution in [-0.2, 0) is 10.0 Å². The molecule has 5 rings (SSSR count). The zero-order valence-electron chi connectivity index (χ0n) is 16.2. The summed E-state index contributed by atoms with van der Waals surface area (Å²) < 4.78 is 38.7. The minimum atomic E-state index is -3.61. The first-order chi connectivity index (χ1) is 14.4. The molecule has 1 saturated carbocycles. The lowest BCUT2D eigenvalue weighted by molar-refractivity contribution is 0.308. The maximum Gasteiger partial charge on any atom is 0.552 e. The molecule has 154 valence electrons. The molecular weight excluding hydrogens is 405 g/mol. The first-order valence-corrected chi connectivity index (χ1v) is 11.1. The van der Waals surface area contributed by atoms with E-state index in [1.807, 2.05) is 12.3 Å². The number of hydrogen-bond donors (Lipinski definition) is 3. The van der Waals surface area contributed by atoms with Gasteiger partial charge in [0.2, 0.25) is 10.0 Å². The lowest BCUT2D eigenvalue weighted by Gasteiger charge is -2.39. The molecule has 2 aromatic heterocycles. The minimum Gasteiger partial charge on any atom is -0.531 e. The molecule has 0 spiro atoms. The number of rotatable bonds is 5. The maximum absolute atomic E-state index is 12.7. The van der Waals surface area contributed by atoms with Crippen molar-refractivity contribution in [2.45, 2.75) is 23.8 Å². The fourth-order valence-corrected chi connectivity index (χ4v) is 5.39. The molecule has 10 heteroatoms. The van der Waals surface area contributed by atoms with E-state index in [0.29, 0.717) is 24.3 Å². The van der Waals surface area contributed by atoms with Gasteiger partial charge >= 0.3 is 7.12 Å². The van der Waals surface area contributed by atoms with Gasteiger partial charge in [-0.2, -0.15) is 0 Å². The van der Waals surface area contributed by atoms with E-state index in [2.05, 4.69) is 14.7 Å². The molecule has 3 aromatic rings. The van der Waals surface area contributed by atoms with E-state index >= 15 is 0 Å². The topological polar surface area (TPSA) is 114 Å². The van der Waals surface area contributed by atoms with Crippen LogP contribution in [0.4, 0.5) is 0 Å². The number of fused-ring (bicyclic) bond motifs is 3. The van der Waals surface area contributed by atoms with Gasteiger partial charge in [-0.15, -0.1) is 0 Å². The number of H-pyrrole nitrogens is 1. The number of hydrogen-bond acceptors (Lipinski definition) is 6. The number of sulfonamides is 1. The summed E-state index contributed by atoms with van der Waals surface area (Å²) in [6, 6.07) is 8.06. The Morgan fingerprint density at radius 3 is 2.77 bits per heavy atom. The van der Waals surface area contributed by atoms with Gasteiger partial charge in [0.05, 0.1) is 18.2 Å². The highest BCUT2D eigenvalue weighted by Crippen LogP contribution is 2.46. The normalized spacial score (nSPS) is 20.9. The lowest BCUT2D eigenvalue weighted by Crippen LogP contribution is -2.45. The number of ether oxygens (including phenoxy) is 1. The molecule has 8 nitrogen and oxygen atoms in total. The Morgan fingerprint density at radius 2 is 2.03 bits per heavy atom. The molecule has 0 unspecified atom stereocenters. The number of pyridine rings is 1. The van der Waals surface area contributed by atoms with Crippen LogP contribution in [0.15, 0.2) is 53.6 Å². The highest BCUT2D eigenvalue weighted by Gasteiger charge is 2.39. The lowest BCUT2D eigenvalue weighted by atomic mass is 9.68. The van der Waals surface area contributed by atoms with E-state index in [9.17, 15) is 13.4 Å². The first kappa shape index (κ1) is 19.2. The quantitative estimate of drug-likeness (QED) is 0.540. The second kappa shape index (κ2) is 7.15. The van der Waals surface area contributed by atoms with Crippen LogP contribution in [0, 0.1) is 5.92 Å². The summed E-state index contributed by atoms with van der Waals surface area (Å²) in [6.45, 7) is 0. The zero-order chi connectivity index (χ0) is 20.9. The summed E-state index contributed by atoms with van der Waals surface area (Å²) in [5.74, 6) is 2.96. The third kappa shape index (κ3) is 3.26. The van der Waals surface area contributed by atoms with Crippen LogP contribution in [0.1, 0.15) is 18.4 Å². The summed E-state index contributed by atoms with van der Waals surface area (Å²) in [7, 11) is -3.12. The number of nitrogens with zero attached hydrogens (tertiary/aromatic N) is 1. The Bertz CT molecular complexity index is 1230. The van der Waals surface area contributed by atoms with E-state index in [4.69, 9.17) is 9.39 Å². The van der Waals surface area contributed by atoms with E-state index < -0.39 is 17.1 Å². The van der Waals surface area contributed by atoms with Crippen molar-refractivity contribution in [1.29, 1.82) is 0 Å². The number of benzene rings is 1. The molecule has 1 aliphatic carbocycles. The number of aromatic nitrogens is 2. The van der Waals surface area contributed by atoms with Crippen molar-refractivity contribution in [3.63, 3.8) is 0 Å². The molecule has 0 saturated heterocycles. The summed E-state index contributed by atoms with van der Waals surface area (Å²) >= 11 is 0. The van der Waals surface area contributed by atoms with Crippen molar-refractivity contribution in [3.8, 4) is 11.5 Å². The average molecular weight is 425 g/mol. The second-order valence-electron chi connectivity index (χ2n) is 7.53. The molecule has 3 heterocycles. The van der Waals surface area contributed by atoms with Crippen LogP contribution in [0.25, 0.3) is 16.6 Å². The standard InChI is InChI=1S/C20H20BN3O5S/c1-28-14-2-4-15(5-3-14)30(26,27)24-13-8-12(9-13)17-10-21(25)29-18-11-23-20-16(19(17)18)6-7-22-20/h2-7,10-13,24-25H,8-9H2,1H3,(H,22,23)/t12-,13+. The summed E-state index contributed by atoms with van der Waals surface area (Å²) in [4.78, 5) is 7.61. The van der Waals surface area contributed by atoms with E-state index in [-0.39, 0.29) is 16.9 Å². The van der Waals surface area contributed by atoms with Crippen LogP contribution in [0.3, 0.4) is 0 Å². The highest BCUT2D eigenvalue weighted by atomic mass is 32.2. The van der Waals surface area contributed by atoms with Gasteiger partial charge in [-0.05, 0) is 60.6 Å². The Hall–Kier alpha value is -2.82. The molecular formula is C20H20BN3O5S. The monoisotopic (exact) mass is 425 g/mol. The molecule has 0 radical (unpaired) electrons. The predicted octanol–water partition coefficient (Wildman–Crippen LogP) is 2.12. The van der Waals surface area contributed by atoms with Crippen LogP contribution in [0.2, 0.25) is 0 Å². The largest absolute Gasteiger partial charge is 0.552 e. The fourth-order valence-electron chi connectivity index (χ4n) is 4.13. The predicted molar refractivity (Wildman–Crippen MR) is 112 cm³/mol. The van der Waals surface area contributed by atoms with Gasteiger partial charge in [0.15, 0.2) is 0 Å². The summed E-state index contributed by atoms with van der Waals surface area (Å²) in [5, 5.41) is 11.0. The van der Waals surface area contributed by atoms with Crippen LogP contribution in [0.5, 0.6) is 11.5 Å². The molecule has 30 heavy (non-hydrogen) atoms. The molecule has 1 fully saturated rings. The van der Waals surface area contributed by atoms with E-state index in [0.717, 1.165) is 22.2 Å². The van der Waals surface area contributed by atoms with Crippen LogP contribution in [-0.4, -0.2) is 43.7 Å². The second-order valence-corrected chi connectivity index (χ2v) is 9.24. The minimum absolute atomic E-state index is 0.117. The van der Waals surface area contributed by atoms with Crippen molar-refractivity contribution in [3.05, 3.63) is 54.3 Å². The Morgan fingerprint density at radius 1 is 1.27 bits per heavy atom. The van der Waals surface area contributed by atoms with Crippen molar-refractivity contribution < 1.29 is 22.8 Å². The number of aromatic amines is 1. The molecule has 0 atom stereocenters. The van der Waals surface area contributed by atoms with Crippen molar-refractivity contribution in [2.24, 2.45) is 5.92 Å². The van der Waals surface area contributed by atoms with Gasteiger partial charge in [-0.1, -0.05) is 0 Å². The summed E-state index contributed by atoms with van der Waals surface area (Å²) in [6.07, 6.45) is 4.70. The van der Waals surface area contributed by atoms with Gasteiger partial charge < -0.3 is 19.4 Å². The molecule has 0 bridgehead atoms. The SMILES string of the molecule is COc1ccc(S(=O)(=O)N[C@H]2C[C@@H](C3=CB(O)Oc4cnc5[nH]ccc5c43)C2)cc1. The van der Waals surface area contributed by atoms with Gasteiger partial charge in [-0.25, -0.2) is 18.1 Å². The van der Waals surface area contributed by atoms with Crippen molar-refractivity contribution >= 4 is 33.7 Å². The van der Waals surface area contributed by atoms with Gasteiger partial charge in [0.1, 0.15) is 17.1 Å². The van der Waals surface area contributed by atoms with E-state index in [1.165, 1.54) is 19.2 Å². The number of methoxy groups -OCH3 is 1.